The lowest BCUT2D eigenvalue weighted by Crippen LogP contribution is -2.45. The molecule has 2 N–H and O–H groups in total. The van der Waals surface area contributed by atoms with Crippen LogP contribution in [0, 0.1) is 11.6 Å². The van der Waals surface area contributed by atoms with Crippen molar-refractivity contribution in [2.24, 2.45) is 5.73 Å². The minimum Gasteiger partial charge on any atom is -0.484 e. The number of hydrogen-bond acceptors (Lipinski definition) is 2. The number of nitrogens with two attached hydrogens (primary N) is 1. The van der Waals surface area contributed by atoms with Crippen molar-refractivity contribution in [3.8, 4) is 5.75 Å². The number of halogens is 3. The van der Waals surface area contributed by atoms with Gasteiger partial charge in [-0.3, -0.25) is 0 Å². The van der Waals surface area contributed by atoms with E-state index in [0.29, 0.717) is 17.4 Å². The van der Waals surface area contributed by atoms with Gasteiger partial charge in [0.25, 0.3) is 0 Å². The topological polar surface area (TPSA) is 35.2 Å². The maximum absolute atomic E-state index is 13.6. The van der Waals surface area contributed by atoms with Gasteiger partial charge in [0, 0.05) is 4.47 Å². The quantitative estimate of drug-likeness (QED) is 0.866. The zero-order valence-electron chi connectivity index (χ0n) is 9.31. The van der Waals surface area contributed by atoms with E-state index in [1.165, 1.54) is 6.07 Å². The van der Waals surface area contributed by atoms with Crippen molar-refractivity contribution in [1.82, 2.24) is 0 Å². The van der Waals surface area contributed by atoms with Crippen molar-refractivity contribution >= 4 is 15.9 Å². The summed E-state index contributed by atoms with van der Waals surface area (Å²) < 4.78 is 32.9. The SMILES string of the molecule is NCCC1(Oc2cc(Br)cc(F)c2F)CCC1. The lowest BCUT2D eigenvalue weighted by molar-refractivity contribution is -0.0159. The van der Waals surface area contributed by atoms with E-state index in [1.54, 1.807) is 0 Å². The molecule has 0 aliphatic heterocycles. The van der Waals surface area contributed by atoms with Crippen molar-refractivity contribution in [1.29, 1.82) is 0 Å². The number of ether oxygens (including phenoxy) is 1. The van der Waals surface area contributed by atoms with E-state index in [9.17, 15) is 8.78 Å². The Balaban J connectivity index is 2.23. The number of hydrogen-bond donors (Lipinski definition) is 1. The first-order chi connectivity index (χ1) is 8.06. The molecule has 0 bridgehead atoms. The van der Waals surface area contributed by atoms with Gasteiger partial charge in [0.15, 0.2) is 11.6 Å². The lowest BCUT2D eigenvalue weighted by atomic mass is 9.77. The van der Waals surface area contributed by atoms with Gasteiger partial charge in [-0.15, -0.1) is 0 Å². The molecule has 1 aromatic carbocycles. The van der Waals surface area contributed by atoms with Gasteiger partial charge in [0.05, 0.1) is 0 Å². The third-order valence-electron chi connectivity index (χ3n) is 3.15. The predicted molar refractivity (Wildman–Crippen MR) is 64.9 cm³/mol. The summed E-state index contributed by atoms with van der Waals surface area (Å²) in [6.07, 6.45) is 3.40. The number of benzene rings is 1. The molecule has 0 amide bonds. The van der Waals surface area contributed by atoms with Gasteiger partial charge in [-0.25, -0.2) is 4.39 Å². The first kappa shape index (κ1) is 12.8. The van der Waals surface area contributed by atoms with E-state index in [-0.39, 0.29) is 5.75 Å². The third-order valence-corrected chi connectivity index (χ3v) is 3.61. The molecule has 2 nitrogen and oxygen atoms in total. The van der Waals surface area contributed by atoms with Crippen molar-refractivity contribution in [2.75, 3.05) is 6.54 Å². The molecule has 0 unspecified atom stereocenters. The Hall–Kier alpha value is -0.680. The van der Waals surface area contributed by atoms with Gasteiger partial charge in [-0.05, 0) is 44.4 Å². The average molecular weight is 306 g/mol. The van der Waals surface area contributed by atoms with Crippen LogP contribution in [0.15, 0.2) is 16.6 Å². The van der Waals surface area contributed by atoms with Gasteiger partial charge >= 0.3 is 0 Å². The van der Waals surface area contributed by atoms with Crippen LogP contribution in [-0.4, -0.2) is 12.1 Å². The smallest absolute Gasteiger partial charge is 0.200 e. The second-order valence-electron chi connectivity index (χ2n) is 4.38. The van der Waals surface area contributed by atoms with Crippen LogP contribution in [0.25, 0.3) is 0 Å². The minimum absolute atomic E-state index is 0.0370. The predicted octanol–water partition coefficient (Wildman–Crippen LogP) is 3.38. The Bertz CT molecular complexity index is 421. The third kappa shape index (κ3) is 2.60. The first-order valence-corrected chi connectivity index (χ1v) is 6.39. The van der Waals surface area contributed by atoms with Gasteiger partial charge in [0.1, 0.15) is 5.60 Å². The standard InChI is InChI=1S/C12H14BrF2NO/c13-8-6-9(14)11(15)10(7-8)17-12(4-5-16)2-1-3-12/h6-7H,1-5,16H2. The van der Waals surface area contributed by atoms with Crippen LogP contribution < -0.4 is 10.5 Å². The second kappa shape index (κ2) is 4.90. The molecular weight excluding hydrogens is 292 g/mol. The summed E-state index contributed by atoms with van der Waals surface area (Å²) in [5.74, 6) is -1.88. The fraction of sp³-hybridized carbons (Fsp3) is 0.500. The van der Waals surface area contributed by atoms with E-state index in [2.05, 4.69) is 15.9 Å². The highest BCUT2D eigenvalue weighted by atomic mass is 79.9. The summed E-state index contributed by atoms with van der Waals surface area (Å²) in [5.41, 5.74) is 5.12. The summed E-state index contributed by atoms with van der Waals surface area (Å²) in [6.45, 7) is 0.484. The number of rotatable bonds is 4. The molecule has 94 valence electrons. The van der Waals surface area contributed by atoms with E-state index < -0.39 is 17.2 Å². The van der Waals surface area contributed by atoms with E-state index >= 15 is 0 Å². The highest BCUT2D eigenvalue weighted by molar-refractivity contribution is 9.10. The van der Waals surface area contributed by atoms with Gasteiger partial charge in [-0.1, -0.05) is 15.9 Å². The van der Waals surface area contributed by atoms with Crippen LogP contribution in [0.5, 0.6) is 5.75 Å². The lowest BCUT2D eigenvalue weighted by Gasteiger charge is -2.41. The molecule has 0 radical (unpaired) electrons. The summed E-state index contributed by atoms with van der Waals surface area (Å²) in [7, 11) is 0. The summed E-state index contributed by atoms with van der Waals surface area (Å²) in [6, 6.07) is 2.54. The highest BCUT2D eigenvalue weighted by Gasteiger charge is 2.39. The Morgan fingerprint density at radius 3 is 2.59 bits per heavy atom. The molecule has 0 heterocycles. The van der Waals surface area contributed by atoms with Crippen LogP contribution in [0.3, 0.4) is 0 Å². The first-order valence-electron chi connectivity index (χ1n) is 5.60. The normalized spacial score (nSPS) is 17.6. The monoisotopic (exact) mass is 305 g/mol. The maximum Gasteiger partial charge on any atom is 0.200 e. The molecule has 0 aromatic heterocycles. The Morgan fingerprint density at radius 2 is 2.06 bits per heavy atom. The molecule has 1 aliphatic carbocycles. The van der Waals surface area contributed by atoms with Gasteiger partial charge in [0.2, 0.25) is 5.82 Å². The van der Waals surface area contributed by atoms with E-state index in [1.807, 2.05) is 0 Å². The average Bonchev–Trinajstić information content (AvgIpc) is 2.22. The van der Waals surface area contributed by atoms with Crippen molar-refractivity contribution in [3.05, 3.63) is 28.2 Å². The fourth-order valence-electron chi connectivity index (χ4n) is 2.08. The largest absolute Gasteiger partial charge is 0.484 e. The van der Waals surface area contributed by atoms with Crippen molar-refractivity contribution in [3.63, 3.8) is 0 Å². The van der Waals surface area contributed by atoms with Crippen LogP contribution in [0.2, 0.25) is 0 Å². The second-order valence-corrected chi connectivity index (χ2v) is 5.29. The van der Waals surface area contributed by atoms with Gasteiger partial charge < -0.3 is 10.5 Å². The van der Waals surface area contributed by atoms with Crippen LogP contribution in [0.1, 0.15) is 25.7 Å². The molecule has 1 aromatic rings. The molecule has 0 atom stereocenters. The molecule has 0 spiro atoms. The molecule has 1 fully saturated rings. The Morgan fingerprint density at radius 1 is 1.35 bits per heavy atom. The molecule has 1 aliphatic rings. The van der Waals surface area contributed by atoms with E-state index in [0.717, 1.165) is 25.3 Å². The van der Waals surface area contributed by atoms with Gasteiger partial charge in [-0.2, -0.15) is 4.39 Å². The molecule has 1 saturated carbocycles. The van der Waals surface area contributed by atoms with E-state index in [4.69, 9.17) is 10.5 Å². The summed E-state index contributed by atoms with van der Waals surface area (Å²) in [4.78, 5) is 0. The Kier molecular flexibility index (Phi) is 3.68. The zero-order chi connectivity index (χ0) is 12.5. The molecule has 2 rings (SSSR count). The maximum atomic E-state index is 13.6. The van der Waals surface area contributed by atoms with Crippen LogP contribution in [-0.2, 0) is 0 Å². The van der Waals surface area contributed by atoms with Crippen LogP contribution >= 0.6 is 15.9 Å². The molecule has 17 heavy (non-hydrogen) atoms. The summed E-state index contributed by atoms with van der Waals surface area (Å²) in [5, 5.41) is 0. The van der Waals surface area contributed by atoms with Crippen LogP contribution in [0.4, 0.5) is 8.78 Å². The van der Waals surface area contributed by atoms with Crippen molar-refractivity contribution < 1.29 is 13.5 Å². The zero-order valence-corrected chi connectivity index (χ0v) is 10.9. The molecule has 0 saturated heterocycles. The molecule has 5 heteroatoms. The Labute approximate surface area is 107 Å². The summed E-state index contributed by atoms with van der Waals surface area (Å²) >= 11 is 3.12. The molecular formula is C12H14BrF2NO. The fourth-order valence-corrected chi connectivity index (χ4v) is 2.49. The highest BCUT2D eigenvalue weighted by Crippen LogP contribution is 2.40. The minimum atomic E-state index is -0.934. The van der Waals surface area contributed by atoms with Crippen molar-refractivity contribution in [2.45, 2.75) is 31.3 Å².